The Balaban J connectivity index is 1.54. The van der Waals surface area contributed by atoms with Gasteiger partial charge >= 0.3 is 0 Å². The van der Waals surface area contributed by atoms with E-state index in [0.29, 0.717) is 33.8 Å². The normalized spacial score (nSPS) is 13.2. The van der Waals surface area contributed by atoms with Crippen LogP contribution in [0.15, 0.2) is 66.7 Å². The van der Waals surface area contributed by atoms with Gasteiger partial charge in [0.1, 0.15) is 0 Å². The molecule has 0 spiro atoms. The van der Waals surface area contributed by atoms with Crippen LogP contribution in [0.1, 0.15) is 32.0 Å². The third-order valence-corrected chi connectivity index (χ3v) is 5.79. The Labute approximate surface area is 184 Å². The minimum Gasteiger partial charge on any atom is -0.274 e. The van der Waals surface area contributed by atoms with E-state index in [1.807, 2.05) is 49.4 Å². The minimum atomic E-state index is -0.257. The number of hydrogen-bond acceptors (Lipinski definition) is 4. The van der Waals surface area contributed by atoms with Crippen LogP contribution in [0.5, 0.6) is 0 Å². The molecule has 0 radical (unpaired) electrons. The molecule has 31 heavy (non-hydrogen) atoms. The van der Waals surface area contributed by atoms with Gasteiger partial charge < -0.3 is 0 Å². The van der Waals surface area contributed by atoms with Gasteiger partial charge in [-0.3, -0.25) is 19.5 Å². The summed E-state index contributed by atoms with van der Waals surface area (Å²) in [6.45, 7) is 2.19. The lowest BCUT2D eigenvalue weighted by molar-refractivity contribution is 0.0656. The molecule has 0 saturated carbocycles. The number of nitrogens with zero attached hydrogens (tertiary/aromatic N) is 3. The molecule has 152 valence electrons. The molecule has 1 aliphatic rings. The summed E-state index contributed by atoms with van der Waals surface area (Å²) in [4.78, 5) is 36.3. The van der Waals surface area contributed by atoms with Crippen molar-refractivity contribution in [2.24, 2.45) is 0 Å². The summed E-state index contributed by atoms with van der Waals surface area (Å²) in [7, 11) is 0. The molecule has 5 rings (SSSR count). The number of aromatic nitrogens is 2. The number of pyridine rings is 2. The molecule has 0 atom stereocenters. The van der Waals surface area contributed by atoms with E-state index < -0.39 is 0 Å². The molecule has 2 aromatic heterocycles. The topological polar surface area (TPSA) is 63.2 Å². The first-order valence-electron chi connectivity index (χ1n) is 10.0. The lowest BCUT2D eigenvalue weighted by Crippen LogP contribution is -2.31. The predicted molar refractivity (Wildman–Crippen MR) is 120 cm³/mol. The number of imide groups is 1. The Bertz CT molecular complexity index is 1330. The standard InChI is InChI=1S/C25H18ClN3O2/c1-15-6-4-11-21(27-15)23-17(14-16-7-5-10-20(26)22(16)28-23)12-13-29-24(30)18-8-2-3-9-19(18)25(29)31/h2-11,14H,12-13H2,1H3. The van der Waals surface area contributed by atoms with E-state index in [4.69, 9.17) is 16.6 Å². The van der Waals surface area contributed by atoms with Crippen LogP contribution in [0, 0.1) is 6.92 Å². The number of carbonyl (C=O) groups excluding carboxylic acids is 2. The predicted octanol–water partition coefficient (Wildman–Crippen LogP) is 5.10. The van der Waals surface area contributed by atoms with Crippen molar-refractivity contribution < 1.29 is 9.59 Å². The van der Waals surface area contributed by atoms with Crippen molar-refractivity contribution in [1.82, 2.24) is 14.9 Å². The van der Waals surface area contributed by atoms with Crippen LogP contribution < -0.4 is 0 Å². The Morgan fingerprint density at radius 2 is 1.58 bits per heavy atom. The van der Waals surface area contributed by atoms with Crippen molar-refractivity contribution in [3.63, 3.8) is 0 Å². The number of halogens is 1. The van der Waals surface area contributed by atoms with E-state index in [2.05, 4.69) is 4.98 Å². The smallest absolute Gasteiger partial charge is 0.261 e. The monoisotopic (exact) mass is 427 g/mol. The third-order valence-electron chi connectivity index (χ3n) is 5.49. The maximum absolute atomic E-state index is 12.7. The zero-order chi connectivity index (χ0) is 21.5. The molecule has 1 aliphatic heterocycles. The third kappa shape index (κ3) is 3.37. The Morgan fingerprint density at radius 1 is 0.871 bits per heavy atom. The van der Waals surface area contributed by atoms with E-state index >= 15 is 0 Å². The number of carbonyl (C=O) groups is 2. The van der Waals surface area contributed by atoms with Gasteiger partial charge in [-0.1, -0.05) is 41.9 Å². The highest BCUT2D eigenvalue weighted by Crippen LogP contribution is 2.30. The molecule has 0 fully saturated rings. The van der Waals surface area contributed by atoms with Crippen molar-refractivity contribution in [2.75, 3.05) is 6.54 Å². The van der Waals surface area contributed by atoms with E-state index in [0.717, 1.165) is 22.3 Å². The fraction of sp³-hybridized carbons (Fsp3) is 0.120. The van der Waals surface area contributed by atoms with E-state index in [1.54, 1.807) is 24.3 Å². The summed E-state index contributed by atoms with van der Waals surface area (Å²) in [5, 5.41) is 1.47. The molecule has 5 nitrogen and oxygen atoms in total. The first-order chi connectivity index (χ1) is 15.0. The maximum Gasteiger partial charge on any atom is 0.261 e. The minimum absolute atomic E-state index is 0.257. The fourth-order valence-electron chi connectivity index (χ4n) is 3.97. The fourth-order valence-corrected chi connectivity index (χ4v) is 4.19. The van der Waals surface area contributed by atoms with Crippen LogP contribution in [-0.2, 0) is 6.42 Å². The van der Waals surface area contributed by atoms with Crippen molar-refractivity contribution in [1.29, 1.82) is 0 Å². The molecule has 6 heteroatoms. The van der Waals surface area contributed by atoms with Gasteiger partial charge in [0.25, 0.3) is 11.8 Å². The first-order valence-corrected chi connectivity index (χ1v) is 10.4. The molecule has 4 aromatic rings. The molecule has 0 saturated heterocycles. The number of amides is 2. The largest absolute Gasteiger partial charge is 0.274 e. The van der Waals surface area contributed by atoms with Crippen molar-refractivity contribution in [3.05, 3.63) is 94.1 Å². The van der Waals surface area contributed by atoms with Crippen molar-refractivity contribution in [2.45, 2.75) is 13.3 Å². The summed E-state index contributed by atoms with van der Waals surface area (Å²) >= 11 is 6.39. The van der Waals surface area contributed by atoms with Crippen LogP contribution in [-0.4, -0.2) is 33.2 Å². The van der Waals surface area contributed by atoms with E-state index in [1.165, 1.54) is 4.90 Å². The van der Waals surface area contributed by atoms with Gasteiger partial charge in [0.15, 0.2) is 0 Å². The number of aryl methyl sites for hydroxylation is 1. The highest BCUT2D eigenvalue weighted by atomic mass is 35.5. The summed E-state index contributed by atoms with van der Waals surface area (Å²) in [6, 6.07) is 20.3. The summed E-state index contributed by atoms with van der Waals surface area (Å²) in [5.41, 5.74) is 4.84. The molecular weight excluding hydrogens is 410 g/mol. The number of fused-ring (bicyclic) bond motifs is 2. The highest BCUT2D eigenvalue weighted by molar-refractivity contribution is 6.35. The summed E-state index contributed by atoms with van der Waals surface area (Å²) < 4.78 is 0. The van der Waals surface area contributed by atoms with Crippen LogP contribution in [0.3, 0.4) is 0 Å². The van der Waals surface area contributed by atoms with Crippen LogP contribution in [0.2, 0.25) is 5.02 Å². The van der Waals surface area contributed by atoms with Gasteiger partial charge in [-0.05, 0) is 55.3 Å². The lowest BCUT2D eigenvalue weighted by Gasteiger charge is -2.16. The van der Waals surface area contributed by atoms with Crippen LogP contribution in [0.25, 0.3) is 22.3 Å². The van der Waals surface area contributed by atoms with Crippen molar-refractivity contribution >= 4 is 34.3 Å². The second kappa shape index (κ2) is 7.60. The molecule has 0 unspecified atom stereocenters. The van der Waals surface area contributed by atoms with E-state index in [-0.39, 0.29) is 18.4 Å². The van der Waals surface area contributed by atoms with Gasteiger partial charge in [-0.25, -0.2) is 4.98 Å². The average molecular weight is 428 g/mol. The lowest BCUT2D eigenvalue weighted by atomic mass is 10.0. The zero-order valence-corrected chi connectivity index (χ0v) is 17.6. The number of benzene rings is 2. The second-order valence-electron chi connectivity index (χ2n) is 7.53. The van der Waals surface area contributed by atoms with Crippen LogP contribution in [0.4, 0.5) is 0 Å². The molecule has 0 N–H and O–H groups in total. The summed E-state index contributed by atoms with van der Waals surface area (Å²) in [6.07, 6.45) is 0.464. The number of para-hydroxylation sites is 1. The molecule has 3 heterocycles. The van der Waals surface area contributed by atoms with Crippen molar-refractivity contribution in [3.8, 4) is 11.4 Å². The zero-order valence-electron chi connectivity index (χ0n) is 16.8. The summed E-state index contributed by atoms with van der Waals surface area (Å²) in [5.74, 6) is -0.514. The highest BCUT2D eigenvalue weighted by Gasteiger charge is 2.34. The molecular formula is C25H18ClN3O2. The molecule has 2 aromatic carbocycles. The Morgan fingerprint density at radius 3 is 2.29 bits per heavy atom. The molecule has 0 bridgehead atoms. The average Bonchev–Trinajstić information content (AvgIpc) is 3.02. The molecule has 0 aliphatic carbocycles. The van der Waals surface area contributed by atoms with Gasteiger partial charge in [-0.15, -0.1) is 0 Å². The maximum atomic E-state index is 12.7. The van der Waals surface area contributed by atoms with Gasteiger partial charge in [0, 0.05) is 17.6 Å². The van der Waals surface area contributed by atoms with Gasteiger partial charge in [-0.2, -0.15) is 0 Å². The Hall–Kier alpha value is -3.57. The van der Waals surface area contributed by atoms with Crippen LogP contribution >= 0.6 is 11.6 Å². The SMILES string of the molecule is Cc1cccc(-c2nc3c(Cl)cccc3cc2CCN2C(=O)c3ccccc3C2=O)n1. The molecule has 2 amide bonds. The quantitative estimate of drug-likeness (QED) is 0.425. The van der Waals surface area contributed by atoms with E-state index in [9.17, 15) is 9.59 Å². The first kappa shape index (κ1) is 19.4. The number of hydrogen-bond donors (Lipinski definition) is 0. The van der Waals surface area contributed by atoms with Gasteiger partial charge in [0.05, 0.1) is 33.1 Å². The second-order valence-corrected chi connectivity index (χ2v) is 7.94. The number of rotatable bonds is 4. The Kier molecular flexibility index (Phi) is 4.75. The van der Waals surface area contributed by atoms with Gasteiger partial charge in [0.2, 0.25) is 0 Å².